The lowest BCUT2D eigenvalue weighted by Crippen LogP contribution is -2.04. The van der Waals surface area contributed by atoms with Gasteiger partial charge in [0.25, 0.3) is 0 Å². The summed E-state index contributed by atoms with van der Waals surface area (Å²) < 4.78 is 5.02. The molecular formula is C10H17N3OS. The zero-order valence-electron chi connectivity index (χ0n) is 9.36. The van der Waals surface area contributed by atoms with Crippen LogP contribution in [0.5, 0.6) is 0 Å². The number of hydrogen-bond donors (Lipinski definition) is 1. The summed E-state index contributed by atoms with van der Waals surface area (Å²) in [7, 11) is 1.71. The maximum atomic E-state index is 5.65. The van der Waals surface area contributed by atoms with Gasteiger partial charge in [0.1, 0.15) is 5.82 Å². The molecule has 5 heteroatoms. The first-order valence-electron chi connectivity index (χ1n) is 4.88. The molecule has 1 aromatic heterocycles. The Kier molecular flexibility index (Phi) is 4.84. The maximum Gasteiger partial charge on any atom is 0.189 e. The van der Waals surface area contributed by atoms with Crippen LogP contribution >= 0.6 is 11.8 Å². The monoisotopic (exact) mass is 227 g/mol. The highest BCUT2D eigenvalue weighted by Gasteiger charge is 2.07. The lowest BCUT2D eigenvalue weighted by Gasteiger charge is -2.09. The van der Waals surface area contributed by atoms with Crippen LogP contribution in [-0.4, -0.2) is 28.9 Å². The Morgan fingerprint density at radius 1 is 1.53 bits per heavy atom. The maximum absolute atomic E-state index is 5.65. The van der Waals surface area contributed by atoms with Crippen molar-refractivity contribution in [2.75, 3.05) is 19.5 Å². The normalized spacial score (nSPS) is 12.7. The standard InChI is InChI=1S/C10H17N3OS/c1-7-6-9(11)13-10(12-7)15-8(2)4-5-14-3/h6,8H,4-5H2,1-3H3,(H2,11,12,13). The fourth-order valence-corrected chi connectivity index (χ4v) is 2.07. The van der Waals surface area contributed by atoms with Gasteiger partial charge in [-0.3, -0.25) is 0 Å². The number of ether oxygens (including phenoxy) is 1. The van der Waals surface area contributed by atoms with E-state index in [1.165, 1.54) is 0 Å². The number of nitrogens with two attached hydrogens (primary N) is 1. The third-order valence-corrected chi connectivity index (χ3v) is 2.92. The zero-order valence-corrected chi connectivity index (χ0v) is 10.2. The van der Waals surface area contributed by atoms with Crippen LogP contribution < -0.4 is 5.73 Å². The molecule has 0 saturated carbocycles. The molecule has 0 aromatic carbocycles. The fourth-order valence-electron chi connectivity index (χ4n) is 1.14. The van der Waals surface area contributed by atoms with Crippen molar-refractivity contribution >= 4 is 17.6 Å². The van der Waals surface area contributed by atoms with Crippen LogP contribution in [0, 0.1) is 6.92 Å². The lowest BCUT2D eigenvalue weighted by molar-refractivity contribution is 0.195. The van der Waals surface area contributed by atoms with E-state index in [9.17, 15) is 0 Å². The molecule has 15 heavy (non-hydrogen) atoms. The van der Waals surface area contributed by atoms with Crippen molar-refractivity contribution in [3.63, 3.8) is 0 Å². The first-order chi connectivity index (χ1) is 7.11. The first kappa shape index (κ1) is 12.3. The van der Waals surface area contributed by atoms with Gasteiger partial charge in [0.05, 0.1) is 0 Å². The van der Waals surface area contributed by atoms with E-state index in [-0.39, 0.29) is 0 Å². The predicted molar refractivity (Wildman–Crippen MR) is 63.0 cm³/mol. The average Bonchev–Trinajstić information content (AvgIpc) is 2.13. The summed E-state index contributed by atoms with van der Waals surface area (Å²) in [5, 5.41) is 1.18. The molecule has 84 valence electrons. The molecule has 0 fully saturated rings. The van der Waals surface area contributed by atoms with Crippen LogP contribution in [0.25, 0.3) is 0 Å². The molecule has 0 aliphatic rings. The second kappa shape index (κ2) is 5.92. The molecule has 1 aromatic rings. The molecule has 0 saturated heterocycles. The van der Waals surface area contributed by atoms with E-state index in [0.717, 1.165) is 23.9 Å². The number of hydrogen-bond acceptors (Lipinski definition) is 5. The second-order valence-electron chi connectivity index (χ2n) is 3.43. The predicted octanol–water partition coefficient (Wildman–Crippen LogP) is 1.88. The molecule has 0 amide bonds. The molecule has 0 aliphatic heterocycles. The minimum absolute atomic E-state index is 0.436. The minimum atomic E-state index is 0.436. The number of nitrogens with zero attached hydrogens (tertiary/aromatic N) is 2. The third-order valence-electron chi connectivity index (χ3n) is 1.89. The Balaban J connectivity index is 2.56. The fraction of sp³-hybridized carbons (Fsp3) is 0.600. The van der Waals surface area contributed by atoms with Gasteiger partial charge >= 0.3 is 0 Å². The number of nitrogen functional groups attached to an aromatic ring is 1. The summed E-state index contributed by atoms with van der Waals surface area (Å²) in [6.45, 7) is 4.81. The van der Waals surface area contributed by atoms with Gasteiger partial charge in [0, 0.05) is 30.7 Å². The molecule has 2 N–H and O–H groups in total. The molecule has 0 radical (unpaired) electrons. The second-order valence-corrected chi connectivity index (χ2v) is 4.83. The van der Waals surface area contributed by atoms with Gasteiger partial charge < -0.3 is 10.5 Å². The number of anilines is 1. The van der Waals surface area contributed by atoms with Crippen molar-refractivity contribution in [2.24, 2.45) is 0 Å². The van der Waals surface area contributed by atoms with Crippen molar-refractivity contribution in [1.82, 2.24) is 9.97 Å². The SMILES string of the molecule is COCCC(C)Sc1nc(C)cc(N)n1. The number of aromatic nitrogens is 2. The van der Waals surface area contributed by atoms with E-state index in [1.807, 2.05) is 6.92 Å². The molecule has 0 spiro atoms. The molecule has 1 rings (SSSR count). The van der Waals surface area contributed by atoms with E-state index in [0.29, 0.717) is 11.1 Å². The quantitative estimate of drug-likeness (QED) is 0.615. The number of rotatable bonds is 5. The Morgan fingerprint density at radius 3 is 2.87 bits per heavy atom. The van der Waals surface area contributed by atoms with Gasteiger partial charge in [-0.15, -0.1) is 0 Å². The van der Waals surface area contributed by atoms with E-state index < -0.39 is 0 Å². The van der Waals surface area contributed by atoms with Crippen LogP contribution in [0.1, 0.15) is 19.0 Å². The molecule has 0 bridgehead atoms. The van der Waals surface area contributed by atoms with Crippen molar-refractivity contribution in [2.45, 2.75) is 30.7 Å². The average molecular weight is 227 g/mol. The summed E-state index contributed by atoms with van der Waals surface area (Å²) in [6.07, 6.45) is 0.984. The Bertz CT molecular complexity index is 299. The topological polar surface area (TPSA) is 61.0 Å². The van der Waals surface area contributed by atoms with Gasteiger partial charge in [0.15, 0.2) is 5.16 Å². The number of methoxy groups -OCH3 is 1. The Hall–Kier alpha value is -0.810. The highest BCUT2D eigenvalue weighted by molar-refractivity contribution is 7.99. The summed E-state index contributed by atoms with van der Waals surface area (Å²) >= 11 is 1.63. The van der Waals surface area contributed by atoms with Crippen LogP contribution in [-0.2, 0) is 4.74 Å². The summed E-state index contributed by atoms with van der Waals surface area (Å²) in [4.78, 5) is 8.48. The van der Waals surface area contributed by atoms with E-state index in [2.05, 4.69) is 16.9 Å². The van der Waals surface area contributed by atoms with Gasteiger partial charge in [-0.2, -0.15) is 0 Å². The smallest absolute Gasteiger partial charge is 0.189 e. The lowest BCUT2D eigenvalue weighted by atomic mass is 10.3. The molecule has 1 unspecified atom stereocenters. The molecule has 0 aliphatic carbocycles. The number of thioether (sulfide) groups is 1. The molecule has 1 atom stereocenters. The summed E-state index contributed by atoms with van der Waals surface area (Å²) in [5.74, 6) is 0.531. The van der Waals surface area contributed by atoms with Gasteiger partial charge in [-0.25, -0.2) is 9.97 Å². The van der Waals surface area contributed by atoms with Crippen molar-refractivity contribution in [3.05, 3.63) is 11.8 Å². The largest absolute Gasteiger partial charge is 0.385 e. The third kappa shape index (κ3) is 4.48. The van der Waals surface area contributed by atoms with E-state index >= 15 is 0 Å². The van der Waals surface area contributed by atoms with E-state index in [4.69, 9.17) is 10.5 Å². The van der Waals surface area contributed by atoms with E-state index in [1.54, 1.807) is 24.9 Å². The van der Waals surface area contributed by atoms with Crippen LogP contribution in [0.15, 0.2) is 11.2 Å². The molecule has 1 heterocycles. The van der Waals surface area contributed by atoms with Crippen molar-refractivity contribution in [3.8, 4) is 0 Å². The Morgan fingerprint density at radius 2 is 2.27 bits per heavy atom. The van der Waals surface area contributed by atoms with Gasteiger partial charge in [-0.05, 0) is 13.3 Å². The zero-order chi connectivity index (χ0) is 11.3. The van der Waals surface area contributed by atoms with Gasteiger partial charge in [-0.1, -0.05) is 18.7 Å². The van der Waals surface area contributed by atoms with Crippen LogP contribution in [0.2, 0.25) is 0 Å². The van der Waals surface area contributed by atoms with Gasteiger partial charge in [0.2, 0.25) is 0 Å². The Labute approximate surface area is 94.6 Å². The highest BCUT2D eigenvalue weighted by atomic mass is 32.2. The molecular weight excluding hydrogens is 210 g/mol. The summed E-state index contributed by atoms with van der Waals surface area (Å²) in [5.41, 5.74) is 6.55. The minimum Gasteiger partial charge on any atom is -0.385 e. The molecule has 4 nitrogen and oxygen atoms in total. The summed E-state index contributed by atoms with van der Waals surface area (Å²) in [6, 6.07) is 1.77. The number of aryl methyl sites for hydroxylation is 1. The highest BCUT2D eigenvalue weighted by Crippen LogP contribution is 2.22. The van der Waals surface area contributed by atoms with Crippen molar-refractivity contribution in [1.29, 1.82) is 0 Å². The van der Waals surface area contributed by atoms with Crippen LogP contribution in [0.4, 0.5) is 5.82 Å². The van der Waals surface area contributed by atoms with Crippen molar-refractivity contribution < 1.29 is 4.74 Å². The van der Waals surface area contributed by atoms with Crippen LogP contribution in [0.3, 0.4) is 0 Å². The first-order valence-corrected chi connectivity index (χ1v) is 5.76.